The number of rotatable bonds is 78. The summed E-state index contributed by atoms with van der Waals surface area (Å²) in [6.07, 6.45) is 61.3. The van der Waals surface area contributed by atoms with E-state index in [0.29, 0.717) is 31.6 Å². The Kier molecular flexibility index (Phi) is 69.6. The highest BCUT2D eigenvalue weighted by Gasteiger charge is 2.30. The van der Waals surface area contributed by atoms with Crippen molar-refractivity contribution in [3.05, 3.63) is 0 Å². The van der Waals surface area contributed by atoms with Crippen LogP contribution in [0, 0.1) is 5.92 Å². The maximum Gasteiger partial charge on any atom is 0.472 e. The summed E-state index contributed by atoms with van der Waals surface area (Å²) >= 11 is 0. The van der Waals surface area contributed by atoms with Crippen molar-refractivity contribution in [2.24, 2.45) is 5.92 Å². The van der Waals surface area contributed by atoms with E-state index in [1.165, 1.54) is 238 Å². The van der Waals surface area contributed by atoms with Gasteiger partial charge in [0.15, 0.2) is 12.2 Å². The van der Waals surface area contributed by atoms with Gasteiger partial charge in [-0.15, -0.1) is 0 Å². The normalized spacial score (nSPS) is 13.9. The van der Waals surface area contributed by atoms with Crippen LogP contribution in [0.25, 0.3) is 0 Å². The van der Waals surface area contributed by atoms with E-state index in [4.69, 9.17) is 37.0 Å². The molecule has 3 N–H and O–H groups in total. The first-order valence-corrected chi connectivity index (χ1v) is 43.6. The molecule has 17 nitrogen and oxygen atoms in total. The second-order valence-electron chi connectivity index (χ2n) is 28.6. The monoisotopic (exact) mass is 1420 g/mol. The highest BCUT2D eigenvalue weighted by atomic mass is 31.2. The second kappa shape index (κ2) is 71.1. The summed E-state index contributed by atoms with van der Waals surface area (Å²) in [5.41, 5.74) is 0. The van der Waals surface area contributed by atoms with Crippen LogP contribution in [-0.4, -0.2) is 96.7 Å². The van der Waals surface area contributed by atoms with Gasteiger partial charge < -0.3 is 33.8 Å². The van der Waals surface area contributed by atoms with Crippen LogP contribution in [0.15, 0.2) is 0 Å². The van der Waals surface area contributed by atoms with Gasteiger partial charge >= 0.3 is 39.5 Å². The van der Waals surface area contributed by atoms with E-state index < -0.39 is 97.5 Å². The smallest absolute Gasteiger partial charge is 0.462 e. The Morgan fingerprint density at radius 1 is 0.278 bits per heavy atom. The Balaban J connectivity index is 5.18. The van der Waals surface area contributed by atoms with Crippen LogP contribution in [0.5, 0.6) is 0 Å². The summed E-state index contributed by atoms with van der Waals surface area (Å²) in [5.74, 6) is -1.42. The number of aliphatic hydroxyl groups excluding tert-OH is 1. The van der Waals surface area contributed by atoms with Gasteiger partial charge in [-0.05, 0) is 31.6 Å². The molecule has 0 saturated carbocycles. The third-order valence-electron chi connectivity index (χ3n) is 18.3. The van der Waals surface area contributed by atoms with Crippen LogP contribution in [0.2, 0.25) is 0 Å². The van der Waals surface area contributed by atoms with E-state index >= 15 is 0 Å². The fraction of sp³-hybridized carbons (Fsp3) is 0.949. The summed E-state index contributed by atoms with van der Waals surface area (Å²) < 4.78 is 68.5. The molecule has 0 saturated heterocycles. The van der Waals surface area contributed by atoms with E-state index in [-0.39, 0.29) is 25.7 Å². The molecule has 0 aromatic carbocycles. The van der Waals surface area contributed by atoms with Crippen molar-refractivity contribution in [2.75, 3.05) is 39.6 Å². The second-order valence-corrected chi connectivity index (χ2v) is 31.5. The lowest BCUT2D eigenvalue weighted by atomic mass is 10.0. The molecule has 0 radical (unpaired) electrons. The van der Waals surface area contributed by atoms with Crippen LogP contribution >= 0.6 is 15.6 Å². The number of hydrogen-bond acceptors (Lipinski definition) is 15. The number of aliphatic hydroxyl groups is 1. The molecule has 576 valence electrons. The molecule has 0 rings (SSSR count). The van der Waals surface area contributed by atoms with E-state index in [1.807, 2.05) is 0 Å². The zero-order valence-electron chi connectivity index (χ0n) is 63.2. The number of phosphoric ester groups is 2. The number of carbonyl (C=O) groups excluding carboxylic acids is 4. The average molecular weight is 1420 g/mol. The molecule has 0 heterocycles. The van der Waals surface area contributed by atoms with Gasteiger partial charge in [-0.2, -0.15) is 0 Å². The van der Waals surface area contributed by atoms with Crippen LogP contribution in [0.4, 0.5) is 0 Å². The first kappa shape index (κ1) is 95.1. The van der Waals surface area contributed by atoms with E-state index in [0.717, 1.165) is 89.9 Å². The predicted octanol–water partition coefficient (Wildman–Crippen LogP) is 23.3. The number of unbranched alkanes of at least 4 members (excludes halogenated alkanes) is 50. The third-order valence-corrected chi connectivity index (χ3v) is 20.2. The summed E-state index contributed by atoms with van der Waals surface area (Å²) in [7, 11) is -9.91. The van der Waals surface area contributed by atoms with Gasteiger partial charge in [-0.1, -0.05) is 362 Å². The molecule has 0 aliphatic rings. The van der Waals surface area contributed by atoms with Crippen molar-refractivity contribution in [1.29, 1.82) is 0 Å². The van der Waals surface area contributed by atoms with Crippen molar-refractivity contribution in [2.45, 2.75) is 432 Å². The van der Waals surface area contributed by atoms with Crippen molar-refractivity contribution in [3.63, 3.8) is 0 Å². The Bertz CT molecular complexity index is 1860. The van der Waals surface area contributed by atoms with Gasteiger partial charge in [-0.25, -0.2) is 9.13 Å². The van der Waals surface area contributed by atoms with E-state index in [9.17, 15) is 43.2 Å². The Morgan fingerprint density at radius 2 is 0.474 bits per heavy atom. The van der Waals surface area contributed by atoms with Crippen molar-refractivity contribution in [3.8, 4) is 0 Å². The SMILES string of the molecule is CCCCCCCCCCCCCCCCCCCCCC(=O)OC[C@H](COP(=O)(O)OC[C@@H](O)COP(=O)(O)OC[C@@H](COC(=O)CCCCCCCCCCC)OC(=O)CCCCCCCCCC(C)C)OC(=O)CCCCCCCCCCCCCCCCCCCCC. The van der Waals surface area contributed by atoms with Gasteiger partial charge in [0.05, 0.1) is 26.4 Å². The molecule has 0 aliphatic heterocycles. The largest absolute Gasteiger partial charge is 0.472 e. The maximum atomic E-state index is 13.1. The highest BCUT2D eigenvalue weighted by Crippen LogP contribution is 2.45. The number of carbonyl (C=O) groups is 4. The standard InChI is InChI=1S/C78H152O17P2/c1-6-9-12-15-18-21-23-25-27-29-31-33-35-37-39-42-47-52-57-62-76(81)89-67-73(94-77(82)63-58-53-48-43-40-38-36-34-32-30-28-26-24-22-19-16-13-10-7-2)69-92-96(84,85)90-65-72(79)66-91-97(86,87)93-70-74(68-88-75(80)61-56-51-46-41-20-17-14-11-8-3)95-78(83)64-59-54-49-44-45-50-55-60-71(4)5/h71-74,79H,6-70H2,1-5H3,(H,84,85)(H,86,87)/t72-,73-,74-/m1/s1. The van der Waals surface area contributed by atoms with Crippen LogP contribution in [0.1, 0.15) is 413 Å². The molecule has 0 bridgehead atoms. The lowest BCUT2D eigenvalue weighted by molar-refractivity contribution is -0.161. The molecule has 0 aromatic heterocycles. The van der Waals surface area contributed by atoms with Crippen molar-refractivity contribution < 1.29 is 80.2 Å². The lowest BCUT2D eigenvalue weighted by Gasteiger charge is -2.21. The van der Waals surface area contributed by atoms with Crippen LogP contribution < -0.4 is 0 Å². The first-order chi connectivity index (χ1) is 47.0. The summed E-state index contributed by atoms with van der Waals surface area (Å²) in [6, 6.07) is 0. The molecule has 5 atom stereocenters. The molecule has 0 aliphatic carbocycles. The molecule has 2 unspecified atom stereocenters. The molecule has 0 aromatic rings. The first-order valence-electron chi connectivity index (χ1n) is 40.6. The zero-order chi connectivity index (χ0) is 71.2. The van der Waals surface area contributed by atoms with Gasteiger partial charge in [0.25, 0.3) is 0 Å². The Labute approximate surface area is 594 Å². The predicted molar refractivity (Wildman–Crippen MR) is 395 cm³/mol. The lowest BCUT2D eigenvalue weighted by Crippen LogP contribution is -2.30. The minimum atomic E-state index is -4.96. The number of phosphoric acid groups is 2. The minimum Gasteiger partial charge on any atom is -0.462 e. The average Bonchev–Trinajstić information content (AvgIpc) is 1.67. The van der Waals surface area contributed by atoms with Crippen LogP contribution in [-0.2, 0) is 65.4 Å². The molecule has 0 amide bonds. The topological polar surface area (TPSA) is 237 Å². The van der Waals surface area contributed by atoms with Crippen LogP contribution in [0.3, 0.4) is 0 Å². The molecular weight excluding hydrogens is 1270 g/mol. The molecule has 19 heteroatoms. The number of hydrogen-bond donors (Lipinski definition) is 3. The summed E-state index contributed by atoms with van der Waals surface area (Å²) in [5, 5.41) is 10.6. The fourth-order valence-electron chi connectivity index (χ4n) is 12.1. The van der Waals surface area contributed by atoms with Gasteiger partial charge in [0.2, 0.25) is 0 Å². The van der Waals surface area contributed by atoms with Gasteiger partial charge in [0, 0.05) is 25.7 Å². The summed E-state index contributed by atoms with van der Waals surface area (Å²) in [6.45, 7) is 7.22. The van der Waals surface area contributed by atoms with Crippen molar-refractivity contribution >= 4 is 39.5 Å². The fourth-order valence-corrected chi connectivity index (χ4v) is 13.6. The number of ether oxygens (including phenoxy) is 4. The summed E-state index contributed by atoms with van der Waals surface area (Å²) in [4.78, 5) is 72.8. The van der Waals surface area contributed by atoms with Gasteiger partial charge in [-0.3, -0.25) is 37.3 Å². The number of esters is 4. The minimum absolute atomic E-state index is 0.104. The third kappa shape index (κ3) is 72.2. The zero-order valence-corrected chi connectivity index (χ0v) is 65.0. The van der Waals surface area contributed by atoms with Gasteiger partial charge in [0.1, 0.15) is 19.3 Å². The molecular formula is C78H152O17P2. The molecule has 97 heavy (non-hydrogen) atoms. The quantitative estimate of drug-likeness (QED) is 0.0222. The van der Waals surface area contributed by atoms with Crippen molar-refractivity contribution in [1.82, 2.24) is 0 Å². The molecule has 0 spiro atoms. The molecule has 0 fully saturated rings. The Morgan fingerprint density at radius 3 is 0.701 bits per heavy atom. The highest BCUT2D eigenvalue weighted by molar-refractivity contribution is 7.47. The maximum absolute atomic E-state index is 13.1. The Hall–Kier alpha value is -1.94. The van der Waals surface area contributed by atoms with E-state index in [2.05, 4.69) is 34.6 Å². The van der Waals surface area contributed by atoms with E-state index in [1.54, 1.807) is 0 Å².